The van der Waals surface area contributed by atoms with Gasteiger partial charge < -0.3 is 18.9 Å². The monoisotopic (exact) mass is 394 g/mol. The molecule has 0 aliphatic heterocycles. The first-order chi connectivity index (χ1) is 14.1. The minimum Gasteiger partial charge on any atom is -0.468 e. The van der Waals surface area contributed by atoms with E-state index in [1.807, 2.05) is 49.4 Å². The predicted octanol–water partition coefficient (Wildman–Crippen LogP) is 5.55. The van der Waals surface area contributed by atoms with Crippen LogP contribution in [0.5, 0.6) is 11.5 Å². The van der Waals surface area contributed by atoms with E-state index in [0.717, 1.165) is 17.9 Å². The first kappa shape index (κ1) is 22.5. The van der Waals surface area contributed by atoms with Crippen LogP contribution in [0.3, 0.4) is 0 Å². The molecule has 0 radical (unpaired) electrons. The average Bonchev–Trinajstić information content (AvgIpc) is 2.74. The molecule has 0 atom stereocenters. The van der Waals surface area contributed by atoms with Crippen LogP contribution in [0, 0.1) is 13.8 Å². The second-order valence-electron chi connectivity index (χ2n) is 6.63. The maximum Gasteiger partial charge on any atom is 0.188 e. The summed E-state index contributed by atoms with van der Waals surface area (Å²) < 4.78 is 20.6. The fourth-order valence-corrected chi connectivity index (χ4v) is 2.79. The third-order valence-corrected chi connectivity index (χ3v) is 4.26. The molecule has 0 bridgehead atoms. The van der Waals surface area contributed by atoms with Gasteiger partial charge in [0.25, 0.3) is 0 Å². The lowest BCUT2D eigenvalue weighted by molar-refractivity contribution is 0.0504. The van der Waals surface area contributed by atoms with E-state index in [-0.39, 0.29) is 6.79 Å². The number of hydrogen-bond acceptors (Lipinski definition) is 4. The summed E-state index contributed by atoms with van der Waals surface area (Å²) in [7, 11) is 3.24. The summed E-state index contributed by atoms with van der Waals surface area (Å²) in [6.45, 7) is 4.73. The van der Waals surface area contributed by atoms with Crippen LogP contribution in [0.4, 0.5) is 0 Å². The van der Waals surface area contributed by atoms with Crippen LogP contribution in [-0.4, -0.2) is 27.8 Å². The highest BCUT2D eigenvalue weighted by Crippen LogP contribution is 2.25. The van der Waals surface area contributed by atoms with E-state index in [4.69, 9.17) is 18.9 Å². The minimum atomic E-state index is 0.283. The van der Waals surface area contributed by atoms with E-state index in [1.54, 1.807) is 14.2 Å². The molecule has 0 aliphatic carbocycles. The highest BCUT2D eigenvalue weighted by atomic mass is 16.7. The second-order valence-corrected chi connectivity index (χ2v) is 6.63. The molecule has 0 spiro atoms. The molecule has 4 nitrogen and oxygen atoms in total. The molecule has 0 saturated heterocycles. The van der Waals surface area contributed by atoms with E-state index in [9.17, 15) is 0 Å². The van der Waals surface area contributed by atoms with Gasteiger partial charge in [-0.2, -0.15) is 0 Å². The SMILES string of the molecule is COCOc1cccc(C)c1.COCOc1cccc(C)c1Cc1ccccc1. The van der Waals surface area contributed by atoms with Crippen molar-refractivity contribution < 1.29 is 18.9 Å². The smallest absolute Gasteiger partial charge is 0.188 e. The Morgan fingerprint density at radius 2 is 1.38 bits per heavy atom. The fraction of sp³-hybridized carbons (Fsp3) is 0.280. The van der Waals surface area contributed by atoms with E-state index < -0.39 is 0 Å². The standard InChI is InChI=1S/C16H18O2.C9H12O2/c1-13-7-6-10-16(18-12-17-2)15(13)11-14-8-4-3-5-9-14;1-8-4-3-5-9(6-8)11-7-10-2/h3-10H,11-12H2,1-2H3;3-6H,7H2,1-2H3. The maximum atomic E-state index is 5.62. The van der Waals surface area contributed by atoms with Gasteiger partial charge in [0.2, 0.25) is 0 Å². The van der Waals surface area contributed by atoms with Crippen LogP contribution >= 0.6 is 0 Å². The second kappa shape index (κ2) is 12.6. The Bertz CT molecular complexity index is 846. The van der Waals surface area contributed by atoms with Crippen molar-refractivity contribution in [3.8, 4) is 11.5 Å². The lowest BCUT2D eigenvalue weighted by Crippen LogP contribution is -2.03. The molecule has 3 aromatic rings. The molecule has 29 heavy (non-hydrogen) atoms. The Morgan fingerprint density at radius 1 is 0.690 bits per heavy atom. The molecular weight excluding hydrogens is 364 g/mol. The maximum absolute atomic E-state index is 5.62. The molecule has 3 rings (SSSR count). The van der Waals surface area contributed by atoms with Gasteiger partial charge in [0.15, 0.2) is 13.6 Å². The van der Waals surface area contributed by atoms with Crippen molar-refractivity contribution in [2.75, 3.05) is 27.8 Å². The summed E-state index contributed by atoms with van der Waals surface area (Å²) in [5.41, 5.74) is 4.95. The molecule has 0 aliphatic rings. The summed E-state index contributed by atoms with van der Waals surface area (Å²) in [5, 5.41) is 0. The summed E-state index contributed by atoms with van der Waals surface area (Å²) >= 11 is 0. The third-order valence-electron chi connectivity index (χ3n) is 4.26. The zero-order valence-electron chi connectivity index (χ0n) is 17.7. The molecule has 0 amide bonds. The van der Waals surface area contributed by atoms with E-state index in [0.29, 0.717) is 6.79 Å². The van der Waals surface area contributed by atoms with Gasteiger partial charge >= 0.3 is 0 Å². The average molecular weight is 395 g/mol. The Hall–Kier alpha value is -2.82. The van der Waals surface area contributed by atoms with Gasteiger partial charge in [-0.05, 0) is 48.7 Å². The molecule has 0 unspecified atom stereocenters. The highest BCUT2D eigenvalue weighted by molar-refractivity contribution is 5.42. The number of aryl methyl sites for hydroxylation is 2. The fourth-order valence-electron chi connectivity index (χ4n) is 2.79. The van der Waals surface area contributed by atoms with Crippen molar-refractivity contribution in [3.63, 3.8) is 0 Å². The van der Waals surface area contributed by atoms with Crippen LogP contribution in [-0.2, 0) is 15.9 Å². The summed E-state index contributed by atoms with van der Waals surface area (Å²) in [6, 6.07) is 24.4. The van der Waals surface area contributed by atoms with Crippen molar-refractivity contribution in [1.29, 1.82) is 0 Å². The number of ether oxygens (including phenoxy) is 4. The molecular formula is C25H30O4. The van der Waals surface area contributed by atoms with Gasteiger partial charge in [-0.1, -0.05) is 54.6 Å². The van der Waals surface area contributed by atoms with Crippen molar-refractivity contribution >= 4 is 0 Å². The Morgan fingerprint density at radius 3 is 2.07 bits per heavy atom. The van der Waals surface area contributed by atoms with Crippen molar-refractivity contribution in [1.82, 2.24) is 0 Å². The summed E-state index contributed by atoms with van der Waals surface area (Å²) in [4.78, 5) is 0. The van der Waals surface area contributed by atoms with Crippen molar-refractivity contribution in [2.24, 2.45) is 0 Å². The first-order valence-corrected chi connectivity index (χ1v) is 9.56. The number of rotatable bonds is 8. The zero-order valence-corrected chi connectivity index (χ0v) is 17.7. The third kappa shape index (κ3) is 7.98. The molecule has 0 heterocycles. The zero-order chi connectivity index (χ0) is 20.9. The van der Waals surface area contributed by atoms with E-state index in [1.165, 1.54) is 22.3 Å². The molecule has 3 aromatic carbocycles. The van der Waals surface area contributed by atoms with Gasteiger partial charge in [0.05, 0.1) is 0 Å². The van der Waals surface area contributed by atoms with Crippen LogP contribution < -0.4 is 9.47 Å². The topological polar surface area (TPSA) is 36.9 Å². The molecule has 0 N–H and O–H groups in total. The van der Waals surface area contributed by atoms with Crippen LogP contribution in [0.15, 0.2) is 72.8 Å². The van der Waals surface area contributed by atoms with Gasteiger partial charge in [0.1, 0.15) is 11.5 Å². The molecule has 0 aromatic heterocycles. The lowest BCUT2D eigenvalue weighted by atomic mass is 10.00. The molecule has 0 fully saturated rings. The Balaban J connectivity index is 0.000000234. The van der Waals surface area contributed by atoms with Gasteiger partial charge in [-0.15, -0.1) is 0 Å². The lowest BCUT2D eigenvalue weighted by Gasteiger charge is -2.13. The van der Waals surface area contributed by atoms with Crippen molar-refractivity contribution in [3.05, 3.63) is 95.1 Å². The number of methoxy groups -OCH3 is 2. The van der Waals surface area contributed by atoms with Crippen LogP contribution in [0.2, 0.25) is 0 Å². The molecule has 4 heteroatoms. The minimum absolute atomic E-state index is 0.283. The van der Waals surface area contributed by atoms with Gasteiger partial charge in [-0.25, -0.2) is 0 Å². The normalized spacial score (nSPS) is 10.1. The van der Waals surface area contributed by atoms with Gasteiger partial charge in [0, 0.05) is 26.2 Å². The van der Waals surface area contributed by atoms with Crippen LogP contribution in [0.1, 0.15) is 22.3 Å². The highest BCUT2D eigenvalue weighted by Gasteiger charge is 2.07. The number of benzene rings is 3. The Labute approximate surface area is 174 Å². The summed E-state index contributed by atoms with van der Waals surface area (Å²) in [6.07, 6.45) is 0.882. The predicted molar refractivity (Wildman–Crippen MR) is 117 cm³/mol. The molecule has 0 saturated carbocycles. The van der Waals surface area contributed by atoms with Crippen LogP contribution in [0.25, 0.3) is 0 Å². The Kier molecular flexibility index (Phi) is 9.76. The first-order valence-electron chi connectivity index (χ1n) is 9.56. The molecule has 154 valence electrons. The number of hydrogen-bond donors (Lipinski definition) is 0. The quantitative estimate of drug-likeness (QED) is 0.470. The summed E-state index contributed by atoms with van der Waals surface area (Å²) in [5.74, 6) is 1.76. The largest absolute Gasteiger partial charge is 0.468 e. The van der Waals surface area contributed by atoms with Gasteiger partial charge in [-0.3, -0.25) is 0 Å². The van der Waals surface area contributed by atoms with E-state index in [2.05, 4.69) is 37.3 Å². The van der Waals surface area contributed by atoms with E-state index >= 15 is 0 Å². The van der Waals surface area contributed by atoms with Crippen molar-refractivity contribution in [2.45, 2.75) is 20.3 Å².